The average Bonchev–Trinajstić information content (AvgIpc) is 3.25. The number of aryl methyl sites for hydroxylation is 1. The third-order valence-corrected chi connectivity index (χ3v) is 4.69. The predicted octanol–water partition coefficient (Wildman–Crippen LogP) is 2.14. The van der Waals surface area contributed by atoms with Crippen molar-refractivity contribution < 1.29 is 4.74 Å². The zero-order valence-electron chi connectivity index (χ0n) is 14.9. The van der Waals surface area contributed by atoms with E-state index < -0.39 is 0 Å². The second-order valence-corrected chi connectivity index (χ2v) is 6.54. The SMILES string of the molecule is CCCCn1nnnc1CSc1nnc(-c2ccc(OCC)cc2)n1N. The molecule has 3 rings (SSSR count). The zero-order valence-corrected chi connectivity index (χ0v) is 15.7. The smallest absolute Gasteiger partial charge is 0.210 e. The normalized spacial score (nSPS) is 11.0. The average molecular weight is 374 g/mol. The van der Waals surface area contributed by atoms with Crippen molar-refractivity contribution in [3.63, 3.8) is 0 Å². The van der Waals surface area contributed by atoms with Crippen molar-refractivity contribution in [2.75, 3.05) is 12.4 Å². The molecule has 9 nitrogen and oxygen atoms in total. The van der Waals surface area contributed by atoms with E-state index >= 15 is 0 Å². The number of ether oxygens (including phenoxy) is 1. The maximum atomic E-state index is 6.17. The van der Waals surface area contributed by atoms with Gasteiger partial charge in [-0.05, 0) is 48.0 Å². The van der Waals surface area contributed by atoms with Gasteiger partial charge in [0.2, 0.25) is 5.16 Å². The predicted molar refractivity (Wildman–Crippen MR) is 99.1 cm³/mol. The van der Waals surface area contributed by atoms with Crippen LogP contribution in [0.15, 0.2) is 29.4 Å². The molecule has 10 heteroatoms. The third-order valence-electron chi connectivity index (χ3n) is 3.75. The number of unbranched alkanes of at least 4 members (excludes halogenated alkanes) is 1. The lowest BCUT2D eigenvalue weighted by Crippen LogP contribution is -2.12. The van der Waals surface area contributed by atoms with E-state index in [-0.39, 0.29) is 0 Å². The summed E-state index contributed by atoms with van der Waals surface area (Å²) in [5.74, 6) is 8.96. The van der Waals surface area contributed by atoms with Crippen LogP contribution in [0.3, 0.4) is 0 Å². The number of hydrogen-bond acceptors (Lipinski definition) is 8. The van der Waals surface area contributed by atoms with E-state index in [2.05, 4.69) is 32.6 Å². The quantitative estimate of drug-likeness (QED) is 0.448. The fourth-order valence-corrected chi connectivity index (χ4v) is 3.17. The summed E-state index contributed by atoms with van der Waals surface area (Å²) in [5.41, 5.74) is 0.878. The molecule has 0 aliphatic carbocycles. The van der Waals surface area contributed by atoms with Crippen LogP contribution < -0.4 is 10.6 Å². The molecule has 0 atom stereocenters. The Labute approximate surface area is 155 Å². The van der Waals surface area contributed by atoms with Crippen LogP contribution in [0.25, 0.3) is 11.4 Å². The molecule has 2 N–H and O–H groups in total. The molecule has 26 heavy (non-hydrogen) atoms. The van der Waals surface area contributed by atoms with Crippen LogP contribution in [-0.4, -0.2) is 41.7 Å². The number of nitrogens with two attached hydrogens (primary N) is 1. The van der Waals surface area contributed by atoms with E-state index in [4.69, 9.17) is 10.6 Å². The van der Waals surface area contributed by atoms with Crippen molar-refractivity contribution in [2.45, 2.75) is 44.1 Å². The topological polar surface area (TPSA) is 110 Å². The lowest BCUT2D eigenvalue weighted by molar-refractivity contribution is 0.340. The van der Waals surface area contributed by atoms with Crippen molar-refractivity contribution in [3.8, 4) is 17.1 Å². The highest BCUT2D eigenvalue weighted by Gasteiger charge is 2.14. The third kappa shape index (κ3) is 4.13. The molecule has 0 radical (unpaired) electrons. The molecule has 0 fully saturated rings. The highest BCUT2D eigenvalue weighted by molar-refractivity contribution is 7.98. The first-order chi connectivity index (χ1) is 12.7. The molecular weight excluding hydrogens is 352 g/mol. The van der Waals surface area contributed by atoms with E-state index in [1.807, 2.05) is 35.9 Å². The van der Waals surface area contributed by atoms with Gasteiger partial charge in [-0.2, -0.15) is 0 Å². The van der Waals surface area contributed by atoms with Gasteiger partial charge in [-0.25, -0.2) is 9.36 Å². The van der Waals surface area contributed by atoms with Gasteiger partial charge in [-0.15, -0.1) is 15.3 Å². The van der Waals surface area contributed by atoms with E-state index in [9.17, 15) is 0 Å². The number of aromatic nitrogens is 7. The Hall–Kier alpha value is -2.62. The van der Waals surface area contributed by atoms with Gasteiger partial charge in [0.25, 0.3) is 0 Å². The van der Waals surface area contributed by atoms with E-state index in [1.54, 1.807) is 0 Å². The highest BCUT2D eigenvalue weighted by atomic mass is 32.2. The summed E-state index contributed by atoms with van der Waals surface area (Å²) < 4.78 is 8.76. The molecule has 0 aliphatic rings. The van der Waals surface area contributed by atoms with Gasteiger partial charge < -0.3 is 10.6 Å². The standard InChI is InChI=1S/C16H22N8OS/c1-3-5-10-23-14(18-21-22-23)11-26-16-20-19-15(24(16)17)12-6-8-13(9-7-12)25-4-2/h6-9H,3-5,10-11,17H2,1-2H3. The van der Waals surface area contributed by atoms with Gasteiger partial charge in [0.1, 0.15) is 5.75 Å². The first-order valence-electron chi connectivity index (χ1n) is 8.54. The highest BCUT2D eigenvalue weighted by Crippen LogP contribution is 2.25. The summed E-state index contributed by atoms with van der Waals surface area (Å²) >= 11 is 1.46. The molecule has 3 aromatic rings. The molecule has 0 aliphatic heterocycles. The maximum Gasteiger partial charge on any atom is 0.210 e. The van der Waals surface area contributed by atoms with Gasteiger partial charge in [0, 0.05) is 12.1 Å². The minimum absolute atomic E-state index is 0.579. The lowest BCUT2D eigenvalue weighted by atomic mass is 10.2. The van der Waals surface area contributed by atoms with Crippen molar-refractivity contribution in [1.82, 2.24) is 35.1 Å². The van der Waals surface area contributed by atoms with Crippen LogP contribution in [0.5, 0.6) is 5.75 Å². The molecule has 2 aromatic heterocycles. The summed E-state index contributed by atoms with van der Waals surface area (Å²) in [6.07, 6.45) is 2.13. The van der Waals surface area contributed by atoms with Crippen molar-refractivity contribution >= 4 is 11.8 Å². The van der Waals surface area contributed by atoms with Gasteiger partial charge in [-0.3, -0.25) is 0 Å². The second-order valence-electron chi connectivity index (χ2n) is 5.59. The minimum Gasteiger partial charge on any atom is -0.494 e. The lowest BCUT2D eigenvalue weighted by Gasteiger charge is -2.06. The number of benzene rings is 1. The molecule has 0 unspecified atom stereocenters. The molecule has 0 saturated carbocycles. The van der Waals surface area contributed by atoms with E-state index in [0.717, 1.165) is 36.5 Å². The number of nitrogen functional groups attached to an aromatic ring is 1. The number of tetrazole rings is 1. The minimum atomic E-state index is 0.579. The fourth-order valence-electron chi connectivity index (χ4n) is 2.38. The number of hydrogen-bond donors (Lipinski definition) is 1. The van der Waals surface area contributed by atoms with E-state index in [1.165, 1.54) is 16.4 Å². The largest absolute Gasteiger partial charge is 0.494 e. The van der Waals surface area contributed by atoms with Gasteiger partial charge in [0.15, 0.2) is 11.6 Å². The summed E-state index contributed by atoms with van der Waals surface area (Å²) in [4.78, 5) is 0. The maximum absolute atomic E-state index is 6.17. The van der Waals surface area contributed by atoms with Crippen LogP contribution in [-0.2, 0) is 12.3 Å². The van der Waals surface area contributed by atoms with Crippen molar-refractivity contribution in [2.24, 2.45) is 0 Å². The Kier molecular flexibility index (Phi) is 6.05. The molecule has 0 bridgehead atoms. The summed E-state index contributed by atoms with van der Waals surface area (Å²) in [6, 6.07) is 7.61. The molecule has 0 saturated heterocycles. The van der Waals surface area contributed by atoms with Crippen LogP contribution in [0.1, 0.15) is 32.5 Å². The van der Waals surface area contributed by atoms with Gasteiger partial charge >= 0.3 is 0 Å². The summed E-state index contributed by atoms with van der Waals surface area (Å²) in [7, 11) is 0. The Morgan fingerprint density at radius 2 is 1.92 bits per heavy atom. The van der Waals surface area contributed by atoms with Crippen molar-refractivity contribution in [3.05, 3.63) is 30.1 Å². The Balaban J connectivity index is 1.68. The first kappa shape index (κ1) is 18.2. The first-order valence-corrected chi connectivity index (χ1v) is 9.53. The van der Waals surface area contributed by atoms with E-state index in [0.29, 0.717) is 23.3 Å². The molecule has 138 valence electrons. The molecular formula is C16H22N8OS. The fraction of sp³-hybridized carbons (Fsp3) is 0.438. The van der Waals surface area contributed by atoms with Crippen LogP contribution in [0, 0.1) is 0 Å². The molecule has 1 aromatic carbocycles. The van der Waals surface area contributed by atoms with Crippen LogP contribution >= 0.6 is 11.8 Å². The van der Waals surface area contributed by atoms with Crippen LogP contribution in [0.2, 0.25) is 0 Å². The number of thioether (sulfide) groups is 1. The zero-order chi connectivity index (χ0) is 18.4. The van der Waals surface area contributed by atoms with Gasteiger partial charge in [-0.1, -0.05) is 25.1 Å². The Morgan fingerprint density at radius 3 is 2.65 bits per heavy atom. The van der Waals surface area contributed by atoms with Crippen molar-refractivity contribution in [1.29, 1.82) is 0 Å². The number of nitrogens with zero attached hydrogens (tertiary/aromatic N) is 7. The molecule has 0 spiro atoms. The molecule has 0 amide bonds. The molecule has 2 heterocycles. The Morgan fingerprint density at radius 1 is 1.12 bits per heavy atom. The van der Waals surface area contributed by atoms with Crippen LogP contribution in [0.4, 0.5) is 0 Å². The van der Waals surface area contributed by atoms with Gasteiger partial charge in [0.05, 0.1) is 12.4 Å². The second kappa shape index (κ2) is 8.65. The summed E-state index contributed by atoms with van der Waals surface area (Å²) in [6.45, 7) is 5.53. The number of rotatable bonds is 9. The summed E-state index contributed by atoms with van der Waals surface area (Å²) in [5, 5.41) is 20.8. The monoisotopic (exact) mass is 374 g/mol. The Bertz CT molecular complexity index is 829.